The lowest BCUT2D eigenvalue weighted by Gasteiger charge is -2.20. The molecule has 2 N–H and O–H groups in total. The number of hydrogen-bond donors (Lipinski definition) is 2. The number of carbonyl (C=O) groups is 1. The normalized spacial score (nSPS) is 11.1. The standard InChI is InChI=1S/C25H31NO7/c1-15(2)8-10-18-16(3)22(24(32-7)23(31-6)21(18)27)33-25(28)26-13-12-17-9-11-19(29-4)20(14-17)30-5/h1,8-9,11,14,27H,10,12-13H2,2-7H3,(H,26,28)/b15-8-. The van der Waals surface area contributed by atoms with Crippen molar-refractivity contribution in [3.63, 3.8) is 0 Å². The molecule has 0 fully saturated rings. The van der Waals surface area contributed by atoms with Crippen LogP contribution in [0.15, 0.2) is 29.8 Å². The first-order chi connectivity index (χ1) is 15.8. The Hall–Kier alpha value is -3.55. The van der Waals surface area contributed by atoms with Gasteiger partial charge in [-0.15, -0.1) is 0 Å². The Labute approximate surface area is 195 Å². The van der Waals surface area contributed by atoms with E-state index in [1.54, 1.807) is 34.1 Å². The topological polar surface area (TPSA) is 95.5 Å². The zero-order chi connectivity index (χ0) is 24.5. The number of phenolic OH excluding ortho intramolecular Hbond substituents is 1. The summed E-state index contributed by atoms with van der Waals surface area (Å²) in [6.45, 7) is 9.53. The van der Waals surface area contributed by atoms with Crippen molar-refractivity contribution in [3.8, 4) is 34.5 Å². The van der Waals surface area contributed by atoms with Gasteiger partial charge < -0.3 is 34.1 Å². The highest BCUT2D eigenvalue weighted by Crippen LogP contribution is 2.49. The Bertz CT molecular complexity index is 1010. The van der Waals surface area contributed by atoms with Crippen LogP contribution in [0.1, 0.15) is 23.6 Å². The van der Waals surface area contributed by atoms with Crippen molar-refractivity contribution < 1.29 is 33.6 Å². The van der Waals surface area contributed by atoms with Gasteiger partial charge in [-0.3, -0.25) is 0 Å². The molecule has 178 valence electrons. The van der Waals surface area contributed by atoms with Crippen LogP contribution in [0, 0.1) is 13.8 Å². The van der Waals surface area contributed by atoms with Crippen molar-refractivity contribution in [3.05, 3.63) is 53.5 Å². The lowest BCUT2D eigenvalue weighted by atomic mass is 10.0. The molecule has 0 spiro atoms. The van der Waals surface area contributed by atoms with Gasteiger partial charge in [-0.1, -0.05) is 17.7 Å². The molecule has 0 atom stereocenters. The van der Waals surface area contributed by atoms with Crippen molar-refractivity contribution in [1.82, 2.24) is 5.32 Å². The third-order valence-corrected chi connectivity index (χ3v) is 5.07. The van der Waals surface area contributed by atoms with E-state index in [4.69, 9.17) is 30.6 Å². The number of rotatable bonds is 10. The Morgan fingerprint density at radius 2 is 1.70 bits per heavy atom. The molecule has 0 aromatic heterocycles. The van der Waals surface area contributed by atoms with Gasteiger partial charge in [-0.2, -0.15) is 0 Å². The van der Waals surface area contributed by atoms with E-state index in [1.165, 1.54) is 14.2 Å². The SMILES string of the molecule is [CH]/C(C)=C/Cc1c(C)c(OC(=O)NCCc2ccc(OC)c(OC)c2)c(OC)c(OC)c1O. The number of carbonyl (C=O) groups excluding carboxylic acids is 1. The van der Waals surface area contributed by atoms with Crippen LogP contribution < -0.4 is 29.0 Å². The minimum Gasteiger partial charge on any atom is -0.504 e. The molecule has 33 heavy (non-hydrogen) atoms. The van der Waals surface area contributed by atoms with E-state index in [1.807, 2.05) is 18.2 Å². The van der Waals surface area contributed by atoms with Crippen molar-refractivity contribution >= 4 is 6.09 Å². The maximum absolute atomic E-state index is 12.5. The fourth-order valence-corrected chi connectivity index (χ4v) is 3.32. The molecule has 2 aromatic carbocycles. The average molecular weight is 458 g/mol. The second-order valence-electron chi connectivity index (χ2n) is 7.26. The minimum atomic E-state index is -0.666. The van der Waals surface area contributed by atoms with Crippen LogP contribution >= 0.6 is 0 Å². The summed E-state index contributed by atoms with van der Waals surface area (Å²) in [4.78, 5) is 12.5. The number of aromatic hydroxyl groups is 1. The molecule has 0 saturated carbocycles. The fourth-order valence-electron chi connectivity index (χ4n) is 3.32. The van der Waals surface area contributed by atoms with Crippen LogP contribution in [-0.2, 0) is 12.8 Å². The number of benzene rings is 2. The van der Waals surface area contributed by atoms with E-state index in [9.17, 15) is 9.90 Å². The molecule has 0 heterocycles. The van der Waals surface area contributed by atoms with Crippen molar-refractivity contribution in [1.29, 1.82) is 0 Å². The van der Waals surface area contributed by atoms with Crippen LogP contribution in [0.4, 0.5) is 4.79 Å². The number of amides is 1. The summed E-state index contributed by atoms with van der Waals surface area (Å²) in [6.07, 6.45) is 1.97. The fraction of sp³-hybridized carbons (Fsp3) is 0.360. The highest BCUT2D eigenvalue weighted by molar-refractivity contribution is 5.75. The molecule has 2 radical (unpaired) electrons. The van der Waals surface area contributed by atoms with Gasteiger partial charge in [0.1, 0.15) is 0 Å². The number of hydrogen-bond acceptors (Lipinski definition) is 7. The largest absolute Gasteiger partial charge is 0.504 e. The second kappa shape index (κ2) is 11.9. The Balaban J connectivity index is 2.19. The van der Waals surface area contributed by atoms with Gasteiger partial charge in [0.2, 0.25) is 11.5 Å². The smallest absolute Gasteiger partial charge is 0.412 e. The summed E-state index contributed by atoms with van der Waals surface area (Å²) in [6, 6.07) is 5.55. The average Bonchev–Trinajstić information content (AvgIpc) is 2.80. The maximum Gasteiger partial charge on any atom is 0.412 e. The summed E-state index contributed by atoms with van der Waals surface area (Å²) < 4.78 is 26.8. The predicted octanol–water partition coefficient (Wildman–Crippen LogP) is 4.27. The summed E-state index contributed by atoms with van der Waals surface area (Å²) >= 11 is 0. The number of ether oxygens (including phenoxy) is 5. The number of allylic oxidation sites excluding steroid dienone is 2. The van der Waals surface area contributed by atoms with Crippen molar-refractivity contribution in [2.45, 2.75) is 26.7 Å². The van der Waals surface area contributed by atoms with Crippen LogP contribution in [0.2, 0.25) is 0 Å². The van der Waals surface area contributed by atoms with Gasteiger partial charge in [-0.05, 0) is 51.3 Å². The predicted molar refractivity (Wildman–Crippen MR) is 125 cm³/mol. The molecule has 0 aliphatic carbocycles. The summed E-state index contributed by atoms with van der Waals surface area (Å²) in [5.41, 5.74) is 2.61. The van der Waals surface area contributed by atoms with Gasteiger partial charge >= 0.3 is 6.09 Å². The zero-order valence-corrected chi connectivity index (χ0v) is 19.9. The lowest BCUT2D eigenvalue weighted by Crippen LogP contribution is -2.29. The minimum absolute atomic E-state index is 0.0781. The van der Waals surface area contributed by atoms with Crippen LogP contribution in [0.3, 0.4) is 0 Å². The van der Waals surface area contributed by atoms with Crippen LogP contribution in [0.25, 0.3) is 0 Å². The molecule has 0 aliphatic heterocycles. The summed E-state index contributed by atoms with van der Waals surface area (Å²) in [5, 5.41) is 13.4. The van der Waals surface area contributed by atoms with E-state index < -0.39 is 6.09 Å². The lowest BCUT2D eigenvalue weighted by molar-refractivity contribution is 0.197. The number of phenols is 1. The first-order valence-electron chi connectivity index (χ1n) is 10.3. The third kappa shape index (κ3) is 6.25. The number of nitrogens with one attached hydrogen (secondary N) is 1. The highest BCUT2D eigenvalue weighted by atomic mass is 16.6. The van der Waals surface area contributed by atoms with Gasteiger partial charge in [0.05, 0.1) is 28.4 Å². The molecule has 0 aliphatic rings. The molecular formula is C25H31NO7. The highest BCUT2D eigenvalue weighted by Gasteiger charge is 2.25. The molecular weight excluding hydrogens is 426 g/mol. The number of methoxy groups -OCH3 is 4. The third-order valence-electron chi connectivity index (χ3n) is 5.07. The Morgan fingerprint density at radius 1 is 1.03 bits per heavy atom. The van der Waals surface area contributed by atoms with E-state index in [0.717, 1.165) is 5.56 Å². The first-order valence-corrected chi connectivity index (χ1v) is 10.3. The molecule has 1 amide bonds. The van der Waals surface area contributed by atoms with Gasteiger partial charge in [0.25, 0.3) is 0 Å². The second-order valence-corrected chi connectivity index (χ2v) is 7.26. The van der Waals surface area contributed by atoms with Crippen molar-refractivity contribution in [2.75, 3.05) is 35.0 Å². The quantitative estimate of drug-likeness (QED) is 0.550. The van der Waals surface area contributed by atoms with Gasteiger partial charge in [0, 0.05) is 17.7 Å². The van der Waals surface area contributed by atoms with E-state index in [-0.39, 0.29) is 23.0 Å². The first kappa shape index (κ1) is 25.7. The zero-order valence-electron chi connectivity index (χ0n) is 19.9. The van der Waals surface area contributed by atoms with E-state index in [2.05, 4.69) is 5.32 Å². The van der Waals surface area contributed by atoms with Crippen molar-refractivity contribution in [2.24, 2.45) is 0 Å². The van der Waals surface area contributed by atoms with Gasteiger partial charge in [0.15, 0.2) is 23.0 Å². The molecule has 2 aromatic rings. The summed E-state index contributed by atoms with van der Waals surface area (Å²) in [5.74, 6) is 1.52. The Kier molecular flexibility index (Phi) is 9.27. The van der Waals surface area contributed by atoms with E-state index in [0.29, 0.717) is 47.6 Å². The molecule has 0 bridgehead atoms. The molecule has 8 nitrogen and oxygen atoms in total. The van der Waals surface area contributed by atoms with Crippen LogP contribution in [0.5, 0.6) is 34.5 Å². The molecule has 8 heteroatoms. The molecule has 0 saturated heterocycles. The summed E-state index contributed by atoms with van der Waals surface area (Å²) in [7, 11) is 5.94. The molecule has 0 unspecified atom stereocenters. The Morgan fingerprint density at radius 3 is 2.27 bits per heavy atom. The maximum atomic E-state index is 12.5. The van der Waals surface area contributed by atoms with E-state index >= 15 is 0 Å². The van der Waals surface area contributed by atoms with Crippen LogP contribution in [-0.4, -0.2) is 46.2 Å². The molecule has 2 rings (SSSR count). The monoisotopic (exact) mass is 457 g/mol. The van der Waals surface area contributed by atoms with Gasteiger partial charge in [-0.25, -0.2) is 4.79 Å².